The summed E-state index contributed by atoms with van der Waals surface area (Å²) >= 11 is 0. The Morgan fingerprint density at radius 1 is 0.875 bits per heavy atom. The Morgan fingerprint density at radius 2 is 1.38 bits per heavy atom. The van der Waals surface area contributed by atoms with Crippen LogP contribution in [0, 0.1) is 0 Å². The zero-order chi connectivity index (χ0) is 17.4. The van der Waals surface area contributed by atoms with Gasteiger partial charge in [0.25, 0.3) is 0 Å². The summed E-state index contributed by atoms with van der Waals surface area (Å²) in [6.45, 7) is 2.13. The molecule has 0 bridgehead atoms. The second-order valence-corrected chi connectivity index (χ2v) is 5.10. The third kappa shape index (κ3) is 6.24. The minimum Gasteiger partial charge on any atom is -0.406 e. The monoisotopic (exact) mass is 334 g/mol. The van der Waals surface area contributed by atoms with E-state index < -0.39 is 6.36 Å². The highest BCUT2D eigenvalue weighted by molar-refractivity contribution is 5.82. The van der Waals surface area contributed by atoms with Crippen LogP contribution in [0.1, 0.15) is 30.0 Å². The van der Waals surface area contributed by atoms with E-state index in [9.17, 15) is 13.2 Å². The Bertz CT molecular complexity index is 690. The third-order valence-electron chi connectivity index (χ3n) is 3.11. The van der Waals surface area contributed by atoms with Crippen LogP contribution in [0.25, 0.3) is 0 Å². The quantitative estimate of drug-likeness (QED) is 0.541. The molecule has 0 unspecified atom stereocenters. The van der Waals surface area contributed by atoms with Gasteiger partial charge in [-0.25, -0.2) is 0 Å². The van der Waals surface area contributed by atoms with Crippen molar-refractivity contribution in [2.24, 2.45) is 10.2 Å². The molecule has 24 heavy (non-hydrogen) atoms. The number of hydrogen-bond acceptors (Lipinski definition) is 3. The lowest BCUT2D eigenvalue weighted by molar-refractivity contribution is -0.274. The van der Waals surface area contributed by atoms with Gasteiger partial charge in [0.1, 0.15) is 5.75 Å². The summed E-state index contributed by atoms with van der Waals surface area (Å²) in [6, 6.07) is 13.4. The maximum atomic E-state index is 12.1. The molecule has 0 heterocycles. The largest absolute Gasteiger partial charge is 0.573 e. The molecule has 0 aliphatic heterocycles. The average molecular weight is 334 g/mol. The SMILES string of the molecule is CCCc1ccc(/C=N/N=C\c2ccc(OC(F)(F)F)cc2)cc1. The second kappa shape index (κ2) is 8.29. The molecule has 0 spiro atoms. The summed E-state index contributed by atoms with van der Waals surface area (Å²) in [4.78, 5) is 0. The van der Waals surface area contributed by atoms with Crippen LogP contribution in [0.4, 0.5) is 13.2 Å². The predicted molar refractivity (Wildman–Crippen MR) is 88.8 cm³/mol. The van der Waals surface area contributed by atoms with E-state index in [-0.39, 0.29) is 5.75 Å². The van der Waals surface area contributed by atoms with Gasteiger partial charge in [0.2, 0.25) is 0 Å². The van der Waals surface area contributed by atoms with Crippen LogP contribution in [-0.2, 0) is 6.42 Å². The molecule has 0 aliphatic carbocycles. The van der Waals surface area contributed by atoms with Crippen molar-refractivity contribution in [3.63, 3.8) is 0 Å². The molecule has 2 rings (SSSR count). The fourth-order valence-electron chi connectivity index (χ4n) is 2.01. The maximum absolute atomic E-state index is 12.1. The van der Waals surface area contributed by atoms with Gasteiger partial charge in [-0.05, 0) is 47.4 Å². The van der Waals surface area contributed by atoms with Gasteiger partial charge in [0.15, 0.2) is 0 Å². The Balaban J connectivity index is 1.91. The molecule has 126 valence electrons. The summed E-state index contributed by atoms with van der Waals surface area (Å²) in [5.41, 5.74) is 2.83. The average Bonchev–Trinajstić information content (AvgIpc) is 2.53. The first-order valence-corrected chi connectivity index (χ1v) is 7.47. The van der Waals surface area contributed by atoms with E-state index in [1.165, 1.54) is 36.0 Å². The summed E-state index contributed by atoms with van der Waals surface area (Å²) in [7, 11) is 0. The highest BCUT2D eigenvalue weighted by Gasteiger charge is 2.30. The predicted octanol–water partition coefficient (Wildman–Crippen LogP) is 4.99. The Hall–Kier alpha value is -2.63. The lowest BCUT2D eigenvalue weighted by Gasteiger charge is -2.08. The lowest BCUT2D eigenvalue weighted by Crippen LogP contribution is -2.16. The first kappa shape index (κ1) is 17.7. The van der Waals surface area contributed by atoms with Crippen molar-refractivity contribution >= 4 is 12.4 Å². The molecule has 0 saturated heterocycles. The summed E-state index contributed by atoms with van der Waals surface area (Å²) in [6.07, 6.45) is 0.535. The van der Waals surface area contributed by atoms with Crippen molar-refractivity contribution in [1.29, 1.82) is 0 Å². The number of ether oxygens (including phenoxy) is 1. The van der Waals surface area contributed by atoms with Gasteiger partial charge < -0.3 is 4.74 Å². The van der Waals surface area contributed by atoms with E-state index in [1.807, 2.05) is 24.3 Å². The van der Waals surface area contributed by atoms with Gasteiger partial charge in [0.05, 0.1) is 12.4 Å². The number of alkyl halides is 3. The standard InChI is InChI=1S/C18H17F3N2O/c1-2-3-14-4-6-15(7-5-14)12-22-23-13-16-8-10-17(11-9-16)24-18(19,20)21/h4-13H,2-3H2,1H3/b22-12+,23-13-. The van der Waals surface area contributed by atoms with E-state index in [1.54, 1.807) is 6.21 Å². The number of rotatable bonds is 6. The van der Waals surface area contributed by atoms with Crippen LogP contribution in [0.15, 0.2) is 58.7 Å². The first-order valence-electron chi connectivity index (χ1n) is 7.47. The molecule has 0 fully saturated rings. The molecule has 3 nitrogen and oxygen atoms in total. The van der Waals surface area contributed by atoms with Gasteiger partial charge in [-0.15, -0.1) is 13.2 Å². The fourth-order valence-corrected chi connectivity index (χ4v) is 2.01. The van der Waals surface area contributed by atoms with E-state index in [4.69, 9.17) is 0 Å². The van der Waals surface area contributed by atoms with E-state index in [2.05, 4.69) is 21.9 Å². The van der Waals surface area contributed by atoms with Gasteiger partial charge in [-0.2, -0.15) is 10.2 Å². The molecule has 2 aromatic carbocycles. The van der Waals surface area contributed by atoms with Crippen LogP contribution in [0.2, 0.25) is 0 Å². The molecular formula is C18H17F3N2O. The van der Waals surface area contributed by atoms with Crippen LogP contribution in [-0.4, -0.2) is 18.8 Å². The van der Waals surface area contributed by atoms with Crippen molar-refractivity contribution in [2.45, 2.75) is 26.1 Å². The van der Waals surface area contributed by atoms with Crippen molar-refractivity contribution in [3.8, 4) is 5.75 Å². The minimum absolute atomic E-state index is 0.268. The van der Waals surface area contributed by atoms with Gasteiger partial charge in [-0.3, -0.25) is 0 Å². The van der Waals surface area contributed by atoms with Crippen molar-refractivity contribution in [2.75, 3.05) is 0 Å². The van der Waals surface area contributed by atoms with Crippen LogP contribution >= 0.6 is 0 Å². The van der Waals surface area contributed by atoms with Crippen LogP contribution < -0.4 is 4.74 Å². The molecule has 0 N–H and O–H groups in total. The highest BCUT2D eigenvalue weighted by Crippen LogP contribution is 2.22. The van der Waals surface area contributed by atoms with Crippen molar-refractivity contribution < 1.29 is 17.9 Å². The Labute approximate surface area is 138 Å². The lowest BCUT2D eigenvalue weighted by atomic mass is 10.1. The van der Waals surface area contributed by atoms with Gasteiger partial charge in [-0.1, -0.05) is 37.6 Å². The third-order valence-corrected chi connectivity index (χ3v) is 3.11. The Kier molecular flexibility index (Phi) is 6.12. The minimum atomic E-state index is -4.69. The Morgan fingerprint density at radius 3 is 1.83 bits per heavy atom. The molecule has 0 aromatic heterocycles. The van der Waals surface area contributed by atoms with Crippen molar-refractivity contribution in [1.82, 2.24) is 0 Å². The van der Waals surface area contributed by atoms with E-state index in [0.29, 0.717) is 5.56 Å². The molecule has 0 atom stereocenters. The number of hydrogen-bond donors (Lipinski definition) is 0. The fraction of sp³-hybridized carbons (Fsp3) is 0.222. The molecule has 6 heteroatoms. The molecule has 0 aliphatic rings. The molecule has 0 radical (unpaired) electrons. The van der Waals surface area contributed by atoms with Crippen LogP contribution in [0.3, 0.4) is 0 Å². The topological polar surface area (TPSA) is 34.0 Å². The second-order valence-electron chi connectivity index (χ2n) is 5.10. The molecular weight excluding hydrogens is 317 g/mol. The molecule has 2 aromatic rings. The normalized spacial score (nSPS) is 12.2. The van der Waals surface area contributed by atoms with Gasteiger partial charge >= 0.3 is 6.36 Å². The zero-order valence-corrected chi connectivity index (χ0v) is 13.1. The zero-order valence-electron chi connectivity index (χ0n) is 13.1. The number of benzene rings is 2. The number of aryl methyl sites for hydroxylation is 1. The van der Waals surface area contributed by atoms with E-state index in [0.717, 1.165) is 18.4 Å². The smallest absolute Gasteiger partial charge is 0.406 e. The number of halogens is 3. The van der Waals surface area contributed by atoms with Gasteiger partial charge in [0, 0.05) is 0 Å². The summed E-state index contributed by atoms with van der Waals surface area (Å²) in [5.74, 6) is -0.268. The maximum Gasteiger partial charge on any atom is 0.573 e. The number of nitrogens with zero attached hydrogens (tertiary/aromatic N) is 2. The van der Waals surface area contributed by atoms with Crippen LogP contribution in [0.5, 0.6) is 5.75 Å². The molecule has 0 amide bonds. The van der Waals surface area contributed by atoms with E-state index >= 15 is 0 Å². The first-order chi connectivity index (χ1) is 11.5. The highest BCUT2D eigenvalue weighted by atomic mass is 19.4. The summed E-state index contributed by atoms with van der Waals surface area (Å²) in [5, 5.41) is 7.81. The van der Waals surface area contributed by atoms with Crippen molar-refractivity contribution in [3.05, 3.63) is 65.2 Å². The molecule has 0 saturated carbocycles. The summed E-state index contributed by atoms with van der Waals surface area (Å²) < 4.78 is 39.9.